The first-order valence-electron chi connectivity index (χ1n) is 9.66. The van der Waals surface area contributed by atoms with E-state index in [1.165, 1.54) is 55.1 Å². The van der Waals surface area contributed by atoms with Gasteiger partial charge in [-0.05, 0) is 48.1 Å². The van der Waals surface area contributed by atoms with Crippen molar-refractivity contribution >= 4 is 22.4 Å². The topological polar surface area (TPSA) is 54.9 Å². The van der Waals surface area contributed by atoms with Gasteiger partial charge in [0.05, 0.1) is 0 Å². The summed E-state index contributed by atoms with van der Waals surface area (Å²) < 4.78 is 13.8. The predicted octanol–water partition coefficient (Wildman–Crippen LogP) is 5.57. The van der Waals surface area contributed by atoms with E-state index in [2.05, 4.69) is 27.6 Å². The Hall–Kier alpha value is -2.60. The van der Waals surface area contributed by atoms with E-state index in [4.69, 9.17) is 0 Å². The van der Waals surface area contributed by atoms with Crippen molar-refractivity contribution in [3.63, 3.8) is 0 Å². The zero-order valence-electron chi connectivity index (χ0n) is 15.5. The van der Waals surface area contributed by atoms with Gasteiger partial charge in [0.2, 0.25) is 5.13 Å². The minimum Gasteiger partial charge on any atom is -0.296 e. The van der Waals surface area contributed by atoms with Crippen LogP contribution in [0.1, 0.15) is 64.5 Å². The van der Waals surface area contributed by atoms with Crippen LogP contribution in [-0.4, -0.2) is 16.1 Å². The van der Waals surface area contributed by atoms with Crippen molar-refractivity contribution in [2.75, 3.05) is 5.32 Å². The van der Waals surface area contributed by atoms with Gasteiger partial charge < -0.3 is 0 Å². The maximum atomic E-state index is 13.8. The van der Waals surface area contributed by atoms with Crippen molar-refractivity contribution in [3.8, 4) is 0 Å². The first kappa shape index (κ1) is 18.7. The van der Waals surface area contributed by atoms with Gasteiger partial charge in [0, 0.05) is 12.0 Å². The highest BCUT2D eigenvalue weighted by atomic mass is 32.1. The minimum absolute atomic E-state index is 0.205. The van der Waals surface area contributed by atoms with Crippen LogP contribution in [0.2, 0.25) is 0 Å². The summed E-state index contributed by atoms with van der Waals surface area (Å²) in [7, 11) is 0. The van der Waals surface area contributed by atoms with E-state index in [0.717, 1.165) is 0 Å². The van der Waals surface area contributed by atoms with Crippen molar-refractivity contribution in [2.24, 2.45) is 0 Å². The minimum atomic E-state index is -0.263. The first-order valence-corrected chi connectivity index (χ1v) is 10.5. The Morgan fingerprint density at radius 2 is 1.79 bits per heavy atom. The number of nitrogens with zero attached hydrogens (tertiary/aromatic N) is 2. The van der Waals surface area contributed by atoms with Crippen LogP contribution in [0, 0.1) is 5.82 Å². The molecule has 0 radical (unpaired) electrons. The molecular formula is C22H22FN3OS. The summed E-state index contributed by atoms with van der Waals surface area (Å²) in [6.07, 6.45) is 6.74. The number of carbonyl (C=O) groups is 1. The molecule has 4 nitrogen and oxygen atoms in total. The molecule has 1 saturated carbocycles. The molecule has 1 aromatic heterocycles. The zero-order valence-corrected chi connectivity index (χ0v) is 16.3. The quantitative estimate of drug-likeness (QED) is 0.615. The number of nitrogens with one attached hydrogen (secondary N) is 1. The van der Waals surface area contributed by atoms with E-state index in [-0.39, 0.29) is 11.7 Å². The second-order valence-corrected chi connectivity index (χ2v) is 8.24. The van der Waals surface area contributed by atoms with Gasteiger partial charge in [-0.1, -0.05) is 60.9 Å². The molecule has 0 spiro atoms. The average Bonchev–Trinajstić information content (AvgIpc) is 3.17. The van der Waals surface area contributed by atoms with Crippen LogP contribution in [0.25, 0.3) is 0 Å². The third-order valence-electron chi connectivity index (χ3n) is 5.24. The SMILES string of the molecule is O=C(Nc1nnc(Cc2ccccc2F)s1)c1ccc(C2CCCCC2)cc1. The predicted molar refractivity (Wildman–Crippen MR) is 109 cm³/mol. The van der Waals surface area contributed by atoms with Crippen molar-refractivity contribution in [1.82, 2.24) is 10.2 Å². The zero-order chi connectivity index (χ0) is 19.3. The normalized spacial score (nSPS) is 14.8. The molecule has 0 bridgehead atoms. The first-order chi connectivity index (χ1) is 13.7. The lowest BCUT2D eigenvalue weighted by molar-refractivity contribution is 0.102. The molecule has 1 aliphatic rings. The van der Waals surface area contributed by atoms with Gasteiger partial charge in [0.25, 0.3) is 5.91 Å². The summed E-state index contributed by atoms with van der Waals surface area (Å²) in [5, 5.41) is 11.9. The highest BCUT2D eigenvalue weighted by Gasteiger charge is 2.16. The molecule has 28 heavy (non-hydrogen) atoms. The van der Waals surface area contributed by atoms with E-state index < -0.39 is 0 Å². The molecule has 1 amide bonds. The van der Waals surface area contributed by atoms with E-state index in [9.17, 15) is 9.18 Å². The van der Waals surface area contributed by atoms with Crippen LogP contribution in [0.15, 0.2) is 48.5 Å². The van der Waals surface area contributed by atoms with Crippen LogP contribution >= 0.6 is 11.3 Å². The number of benzene rings is 2. The smallest absolute Gasteiger partial charge is 0.257 e. The third kappa shape index (κ3) is 4.44. The van der Waals surface area contributed by atoms with Gasteiger partial charge in [0.1, 0.15) is 10.8 Å². The molecule has 4 rings (SSSR count). The molecule has 6 heteroatoms. The largest absolute Gasteiger partial charge is 0.296 e. The lowest BCUT2D eigenvalue weighted by atomic mass is 9.84. The Labute approximate surface area is 167 Å². The van der Waals surface area contributed by atoms with Gasteiger partial charge in [0.15, 0.2) is 0 Å². The second-order valence-electron chi connectivity index (χ2n) is 7.18. The molecular weight excluding hydrogens is 373 g/mol. The fourth-order valence-corrected chi connectivity index (χ4v) is 4.45. The Morgan fingerprint density at radius 3 is 2.54 bits per heavy atom. The number of halogens is 1. The molecule has 0 aliphatic heterocycles. The van der Waals surface area contributed by atoms with Gasteiger partial charge in [-0.2, -0.15) is 0 Å². The number of anilines is 1. The summed E-state index contributed by atoms with van der Waals surface area (Å²) in [4.78, 5) is 12.5. The average molecular weight is 396 g/mol. The van der Waals surface area contributed by atoms with Gasteiger partial charge in [-0.15, -0.1) is 10.2 Å². The van der Waals surface area contributed by atoms with Gasteiger partial charge >= 0.3 is 0 Å². The molecule has 2 aromatic carbocycles. The molecule has 1 heterocycles. The summed E-state index contributed by atoms with van der Waals surface area (Å²) >= 11 is 1.26. The van der Waals surface area contributed by atoms with Crippen LogP contribution in [0.5, 0.6) is 0 Å². The lowest BCUT2D eigenvalue weighted by Gasteiger charge is -2.22. The molecule has 0 saturated heterocycles. The van der Waals surface area contributed by atoms with Crippen molar-refractivity contribution < 1.29 is 9.18 Å². The van der Waals surface area contributed by atoms with Gasteiger partial charge in [-0.3, -0.25) is 10.1 Å². The van der Waals surface area contributed by atoms with Crippen LogP contribution < -0.4 is 5.32 Å². The molecule has 0 unspecified atom stereocenters. The molecule has 1 N–H and O–H groups in total. The Balaban J connectivity index is 1.38. The van der Waals surface area contributed by atoms with Crippen molar-refractivity contribution in [2.45, 2.75) is 44.4 Å². The molecule has 144 valence electrons. The monoisotopic (exact) mass is 395 g/mol. The number of carbonyl (C=O) groups excluding carboxylic acids is 1. The van der Waals surface area contributed by atoms with E-state index in [0.29, 0.717) is 33.6 Å². The number of aromatic nitrogens is 2. The highest BCUT2D eigenvalue weighted by Crippen LogP contribution is 2.32. The summed E-state index contributed by atoms with van der Waals surface area (Å²) in [6, 6.07) is 14.5. The fraction of sp³-hybridized carbons (Fsp3) is 0.318. The number of amides is 1. The second kappa shape index (κ2) is 8.61. The summed E-state index contributed by atoms with van der Waals surface area (Å²) in [5.74, 6) is 0.153. The maximum absolute atomic E-state index is 13.8. The Morgan fingerprint density at radius 1 is 1.04 bits per heavy atom. The van der Waals surface area contributed by atoms with E-state index in [1.807, 2.05) is 12.1 Å². The number of hydrogen-bond donors (Lipinski definition) is 1. The number of rotatable bonds is 5. The van der Waals surface area contributed by atoms with Crippen molar-refractivity contribution in [3.05, 3.63) is 76.0 Å². The molecule has 1 aliphatic carbocycles. The van der Waals surface area contributed by atoms with Crippen LogP contribution in [0.3, 0.4) is 0 Å². The summed E-state index contributed by atoms with van der Waals surface area (Å²) in [6.45, 7) is 0. The molecule has 3 aromatic rings. The fourth-order valence-electron chi connectivity index (χ4n) is 3.69. The van der Waals surface area contributed by atoms with Crippen molar-refractivity contribution in [1.29, 1.82) is 0 Å². The van der Waals surface area contributed by atoms with Crippen LogP contribution in [0.4, 0.5) is 9.52 Å². The standard InChI is InChI=1S/C22H22FN3OS/c23-19-9-5-4-8-18(19)14-20-25-26-22(28-20)24-21(27)17-12-10-16(11-13-17)15-6-2-1-3-7-15/h4-5,8-13,15H,1-3,6-7,14H2,(H,24,26,27). The summed E-state index contributed by atoms with van der Waals surface area (Å²) in [5.41, 5.74) is 2.49. The maximum Gasteiger partial charge on any atom is 0.257 e. The van der Waals surface area contributed by atoms with E-state index >= 15 is 0 Å². The lowest BCUT2D eigenvalue weighted by Crippen LogP contribution is -2.12. The third-order valence-corrected chi connectivity index (χ3v) is 6.07. The Kier molecular flexibility index (Phi) is 5.76. The van der Waals surface area contributed by atoms with E-state index in [1.54, 1.807) is 18.2 Å². The molecule has 1 fully saturated rings. The van der Waals surface area contributed by atoms with Gasteiger partial charge in [-0.25, -0.2) is 4.39 Å². The van der Waals surface area contributed by atoms with Crippen LogP contribution in [-0.2, 0) is 6.42 Å². The number of hydrogen-bond acceptors (Lipinski definition) is 4. The highest BCUT2D eigenvalue weighted by molar-refractivity contribution is 7.15. The Bertz CT molecular complexity index is 948. The molecule has 0 atom stereocenters.